The first-order valence-corrected chi connectivity index (χ1v) is 13.2. The first-order chi connectivity index (χ1) is 19.0. The number of hydrogen-bond donors (Lipinski definition) is 1. The van der Waals surface area contributed by atoms with E-state index in [4.69, 9.17) is 9.47 Å². The fourth-order valence-electron chi connectivity index (χ4n) is 4.84. The van der Waals surface area contributed by atoms with Gasteiger partial charge in [0.25, 0.3) is 0 Å². The average Bonchev–Trinajstić information content (AvgIpc) is 3.63. The monoisotopic (exact) mass is 527 g/mol. The fraction of sp³-hybridized carbons (Fsp3) is 0.333. The molecular formula is C30H33N5O4. The summed E-state index contributed by atoms with van der Waals surface area (Å²) in [5.74, 6) is 0.154. The van der Waals surface area contributed by atoms with Crippen LogP contribution in [0.1, 0.15) is 35.6 Å². The van der Waals surface area contributed by atoms with Gasteiger partial charge >= 0.3 is 0 Å². The number of carbonyl (C=O) groups is 2. The summed E-state index contributed by atoms with van der Waals surface area (Å²) < 4.78 is 12.6. The van der Waals surface area contributed by atoms with Crippen LogP contribution < -0.4 is 10.1 Å². The molecule has 0 saturated carbocycles. The molecule has 0 bridgehead atoms. The smallest absolute Gasteiger partial charge is 0.247 e. The lowest BCUT2D eigenvalue weighted by molar-refractivity contribution is -0.142. The molecule has 0 spiro atoms. The Morgan fingerprint density at radius 1 is 1.10 bits per heavy atom. The Balaban J connectivity index is 1.49. The van der Waals surface area contributed by atoms with E-state index in [9.17, 15) is 9.59 Å². The summed E-state index contributed by atoms with van der Waals surface area (Å²) in [6, 6.07) is 21.8. The van der Waals surface area contributed by atoms with E-state index in [2.05, 4.69) is 15.6 Å². The average molecular weight is 528 g/mol. The van der Waals surface area contributed by atoms with Crippen molar-refractivity contribution in [2.75, 3.05) is 20.3 Å². The Hall–Kier alpha value is -4.24. The molecule has 202 valence electrons. The first kappa shape index (κ1) is 26.4. The summed E-state index contributed by atoms with van der Waals surface area (Å²) >= 11 is 0. The topological polar surface area (TPSA) is 98.6 Å². The van der Waals surface area contributed by atoms with Crippen LogP contribution >= 0.6 is 0 Å². The molecule has 0 aliphatic carbocycles. The number of rotatable bonds is 10. The molecule has 9 nitrogen and oxygen atoms in total. The summed E-state index contributed by atoms with van der Waals surface area (Å²) in [5, 5.41) is 11.4. The van der Waals surface area contributed by atoms with Gasteiger partial charge in [-0.05, 0) is 55.2 Å². The van der Waals surface area contributed by atoms with Crippen molar-refractivity contribution in [2.24, 2.45) is 0 Å². The molecular weight excluding hydrogens is 494 g/mol. The maximum absolute atomic E-state index is 14.0. The van der Waals surface area contributed by atoms with E-state index in [1.165, 1.54) is 0 Å². The SMILES string of the molecule is COc1ccc([C@@H](C(=O)NC[C@H]2CCCO2)N(Cc2ccc(C)cc2)C(=O)Cn2nnc3ccccc32)cc1. The number of amides is 2. The van der Waals surface area contributed by atoms with Gasteiger partial charge in [-0.1, -0.05) is 59.3 Å². The van der Waals surface area contributed by atoms with Gasteiger partial charge in [-0.2, -0.15) is 0 Å². The van der Waals surface area contributed by atoms with Crippen LogP contribution in [0.4, 0.5) is 0 Å². The van der Waals surface area contributed by atoms with Gasteiger partial charge in [-0.15, -0.1) is 5.10 Å². The largest absolute Gasteiger partial charge is 0.497 e. The molecule has 1 aliphatic heterocycles. The Labute approximate surface area is 227 Å². The minimum absolute atomic E-state index is 0.0202. The van der Waals surface area contributed by atoms with Crippen molar-refractivity contribution in [3.05, 3.63) is 89.5 Å². The van der Waals surface area contributed by atoms with Crippen molar-refractivity contribution in [1.29, 1.82) is 0 Å². The van der Waals surface area contributed by atoms with E-state index in [1.54, 1.807) is 28.8 Å². The summed E-state index contributed by atoms with van der Waals surface area (Å²) in [7, 11) is 1.59. The summed E-state index contributed by atoms with van der Waals surface area (Å²) in [6.45, 7) is 3.30. The second-order valence-electron chi connectivity index (χ2n) is 9.80. The maximum Gasteiger partial charge on any atom is 0.247 e. The number of ether oxygens (including phenoxy) is 2. The quantitative estimate of drug-likeness (QED) is 0.337. The van der Waals surface area contributed by atoms with Crippen LogP contribution in [0.25, 0.3) is 11.0 Å². The summed E-state index contributed by atoms with van der Waals surface area (Å²) in [6.07, 6.45) is 1.86. The molecule has 1 aromatic heterocycles. The minimum Gasteiger partial charge on any atom is -0.497 e. The molecule has 1 fully saturated rings. The third kappa shape index (κ3) is 6.26. The zero-order valence-electron chi connectivity index (χ0n) is 22.2. The van der Waals surface area contributed by atoms with Crippen LogP contribution in [0.15, 0.2) is 72.8 Å². The highest BCUT2D eigenvalue weighted by Gasteiger charge is 2.33. The molecule has 0 unspecified atom stereocenters. The van der Waals surface area contributed by atoms with E-state index >= 15 is 0 Å². The zero-order valence-corrected chi connectivity index (χ0v) is 22.2. The second kappa shape index (κ2) is 12.1. The Morgan fingerprint density at radius 2 is 1.87 bits per heavy atom. The number of carbonyl (C=O) groups excluding carboxylic acids is 2. The van der Waals surface area contributed by atoms with Crippen molar-refractivity contribution in [3.63, 3.8) is 0 Å². The molecule has 5 rings (SSSR count). The van der Waals surface area contributed by atoms with Gasteiger partial charge in [0.2, 0.25) is 11.8 Å². The Bertz CT molecular complexity index is 1410. The first-order valence-electron chi connectivity index (χ1n) is 13.2. The van der Waals surface area contributed by atoms with Crippen LogP contribution in [0.5, 0.6) is 5.75 Å². The van der Waals surface area contributed by atoms with Crippen molar-refractivity contribution in [3.8, 4) is 5.75 Å². The predicted octanol–water partition coefficient (Wildman–Crippen LogP) is 3.81. The lowest BCUT2D eigenvalue weighted by atomic mass is 10.0. The van der Waals surface area contributed by atoms with Crippen molar-refractivity contribution < 1.29 is 19.1 Å². The third-order valence-electron chi connectivity index (χ3n) is 7.02. The normalized spacial score (nSPS) is 15.7. The number of benzene rings is 3. The van der Waals surface area contributed by atoms with Gasteiger partial charge in [0.15, 0.2) is 0 Å². The highest BCUT2D eigenvalue weighted by Crippen LogP contribution is 2.27. The molecule has 2 heterocycles. The number of para-hydroxylation sites is 1. The van der Waals surface area contributed by atoms with Crippen LogP contribution in [-0.2, 0) is 27.4 Å². The Morgan fingerprint density at radius 3 is 2.59 bits per heavy atom. The second-order valence-corrected chi connectivity index (χ2v) is 9.80. The number of nitrogens with one attached hydrogen (secondary N) is 1. The van der Waals surface area contributed by atoms with Gasteiger partial charge in [0.1, 0.15) is 23.9 Å². The lowest BCUT2D eigenvalue weighted by Crippen LogP contribution is -2.46. The van der Waals surface area contributed by atoms with E-state index < -0.39 is 6.04 Å². The standard InChI is InChI=1S/C30H33N5O4/c1-21-9-11-22(12-10-21)19-34(28(36)20-35-27-8-4-3-7-26(27)32-33-35)29(23-13-15-24(38-2)16-14-23)30(37)31-18-25-6-5-17-39-25/h3-4,7-16,25,29H,5-6,17-20H2,1-2H3,(H,31,37)/t25-,29+/m1/s1. The predicted molar refractivity (Wildman–Crippen MR) is 147 cm³/mol. The zero-order chi connectivity index (χ0) is 27.2. The number of aryl methyl sites for hydroxylation is 1. The molecule has 2 atom stereocenters. The highest BCUT2D eigenvalue weighted by atomic mass is 16.5. The lowest BCUT2D eigenvalue weighted by Gasteiger charge is -2.32. The van der Waals surface area contributed by atoms with Crippen LogP contribution in [0.3, 0.4) is 0 Å². The molecule has 2 amide bonds. The minimum atomic E-state index is -0.874. The van der Waals surface area contributed by atoms with E-state index in [1.807, 2.05) is 67.6 Å². The number of nitrogens with zero attached hydrogens (tertiary/aromatic N) is 4. The maximum atomic E-state index is 14.0. The van der Waals surface area contributed by atoms with Crippen molar-refractivity contribution in [1.82, 2.24) is 25.2 Å². The molecule has 9 heteroatoms. The number of aromatic nitrogens is 3. The number of fused-ring (bicyclic) bond motifs is 1. The van der Waals surface area contributed by atoms with Gasteiger partial charge in [0, 0.05) is 19.7 Å². The van der Waals surface area contributed by atoms with Gasteiger partial charge in [-0.3, -0.25) is 9.59 Å². The van der Waals surface area contributed by atoms with Crippen molar-refractivity contribution >= 4 is 22.8 Å². The van der Waals surface area contributed by atoms with Gasteiger partial charge < -0.3 is 19.7 Å². The Kier molecular flexibility index (Phi) is 8.17. The molecule has 0 radical (unpaired) electrons. The van der Waals surface area contributed by atoms with Crippen LogP contribution in [-0.4, -0.2) is 58.1 Å². The molecule has 39 heavy (non-hydrogen) atoms. The fourth-order valence-corrected chi connectivity index (χ4v) is 4.84. The van der Waals surface area contributed by atoms with E-state index in [0.717, 1.165) is 29.5 Å². The van der Waals surface area contributed by atoms with Crippen LogP contribution in [0, 0.1) is 6.92 Å². The summed E-state index contributed by atoms with van der Waals surface area (Å²) in [4.78, 5) is 29.5. The third-order valence-corrected chi connectivity index (χ3v) is 7.02. The van der Waals surface area contributed by atoms with Crippen molar-refractivity contribution in [2.45, 2.75) is 45.0 Å². The highest BCUT2D eigenvalue weighted by molar-refractivity contribution is 5.89. The van der Waals surface area contributed by atoms with Crippen LogP contribution in [0.2, 0.25) is 0 Å². The summed E-state index contributed by atoms with van der Waals surface area (Å²) in [5.41, 5.74) is 4.18. The molecule has 1 aliphatic rings. The van der Waals surface area contributed by atoms with E-state index in [-0.39, 0.29) is 31.0 Å². The molecule has 3 aromatic carbocycles. The van der Waals surface area contributed by atoms with Gasteiger partial charge in [-0.25, -0.2) is 4.68 Å². The molecule has 1 saturated heterocycles. The molecule has 4 aromatic rings. The van der Waals surface area contributed by atoms with Gasteiger partial charge in [0.05, 0.1) is 18.7 Å². The number of methoxy groups -OCH3 is 1. The van der Waals surface area contributed by atoms with E-state index in [0.29, 0.717) is 30.0 Å². The number of hydrogen-bond acceptors (Lipinski definition) is 6. The molecule has 1 N–H and O–H groups in total.